The highest BCUT2D eigenvalue weighted by Gasteiger charge is 2.30. The number of rotatable bonds is 7. The van der Waals surface area contributed by atoms with Gasteiger partial charge in [-0.2, -0.15) is 4.31 Å². The highest BCUT2D eigenvalue weighted by atomic mass is 35.5. The quantitative estimate of drug-likeness (QED) is 0.650. The van der Waals surface area contributed by atoms with Crippen LogP contribution in [0.3, 0.4) is 0 Å². The molecular weight excluding hydrogens is 422 g/mol. The Balaban J connectivity index is 1.60. The van der Waals surface area contributed by atoms with Gasteiger partial charge >= 0.3 is 0 Å². The van der Waals surface area contributed by atoms with Gasteiger partial charge in [0.05, 0.1) is 4.90 Å². The molecule has 0 unspecified atom stereocenters. The van der Waals surface area contributed by atoms with Crippen molar-refractivity contribution < 1.29 is 13.2 Å². The Kier molecular flexibility index (Phi) is 7.52. The standard InChI is InChI=1S/C22H28ClN3O3S/c1-3-24(4-2)17-18-5-7-19(8-6-18)22(27)25-13-15-26(16-14-25)30(28,29)21-11-9-20(23)10-12-21/h5-12H,3-4,13-17H2,1-2H3. The van der Waals surface area contributed by atoms with E-state index in [0.29, 0.717) is 23.7 Å². The Morgan fingerprint density at radius 2 is 1.50 bits per heavy atom. The molecule has 1 amide bonds. The number of carbonyl (C=O) groups is 1. The molecule has 3 rings (SSSR count). The molecular formula is C22H28ClN3O3S. The zero-order valence-corrected chi connectivity index (χ0v) is 19.0. The highest BCUT2D eigenvalue weighted by Crippen LogP contribution is 2.20. The summed E-state index contributed by atoms with van der Waals surface area (Å²) in [5.74, 6) is -0.0621. The minimum Gasteiger partial charge on any atom is -0.336 e. The van der Waals surface area contributed by atoms with Gasteiger partial charge in [0.15, 0.2) is 0 Å². The van der Waals surface area contributed by atoms with Gasteiger partial charge in [-0.25, -0.2) is 8.42 Å². The second-order valence-corrected chi connectivity index (χ2v) is 9.68. The van der Waals surface area contributed by atoms with Crippen molar-refractivity contribution in [3.8, 4) is 0 Å². The Hall–Kier alpha value is -1.93. The van der Waals surface area contributed by atoms with E-state index in [2.05, 4.69) is 18.7 Å². The van der Waals surface area contributed by atoms with Crippen LogP contribution in [0.5, 0.6) is 0 Å². The topological polar surface area (TPSA) is 60.9 Å². The molecule has 0 bridgehead atoms. The lowest BCUT2D eigenvalue weighted by molar-refractivity contribution is 0.0698. The van der Waals surface area contributed by atoms with E-state index in [0.717, 1.165) is 19.6 Å². The van der Waals surface area contributed by atoms with Crippen molar-refractivity contribution in [1.82, 2.24) is 14.1 Å². The van der Waals surface area contributed by atoms with E-state index in [1.165, 1.54) is 22.0 Å². The Labute approximate surface area is 184 Å². The second-order valence-electron chi connectivity index (χ2n) is 7.31. The summed E-state index contributed by atoms with van der Waals surface area (Å²) in [6.07, 6.45) is 0. The van der Waals surface area contributed by atoms with Crippen LogP contribution < -0.4 is 0 Å². The van der Waals surface area contributed by atoms with Crippen molar-refractivity contribution in [2.45, 2.75) is 25.3 Å². The van der Waals surface area contributed by atoms with Crippen LogP contribution in [0, 0.1) is 0 Å². The first-order chi connectivity index (χ1) is 14.3. The number of halogens is 1. The van der Waals surface area contributed by atoms with E-state index >= 15 is 0 Å². The van der Waals surface area contributed by atoms with Gasteiger partial charge in [0.2, 0.25) is 10.0 Å². The molecule has 1 aliphatic rings. The Bertz CT molecular complexity index is 950. The smallest absolute Gasteiger partial charge is 0.253 e. The van der Waals surface area contributed by atoms with Crippen molar-refractivity contribution in [2.24, 2.45) is 0 Å². The molecule has 2 aromatic rings. The fourth-order valence-electron chi connectivity index (χ4n) is 3.53. The molecule has 0 spiro atoms. The van der Waals surface area contributed by atoms with Gasteiger partial charge in [-0.15, -0.1) is 0 Å². The van der Waals surface area contributed by atoms with E-state index in [-0.39, 0.29) is 23.9 Å². The number of nitrogens with zero attached hydrogens (tertiary/aromatic N) is 3. The number of piperazine rings is 1. The van der Waals surface area contributed by atoms with E-state index in [9.17, 15) is 13.2 Å². The average molecular weight is 450 g/mol. The third-order valence-electron chi connectivity index (χ3n) is 5.48. The Morgan fingerprint density at radius 3 is 2.03 bits per heavy atom. The first kappa shape index (κ1) is 22.7. The van der Waals surface area contributed by atoms with Gasteiger partial charge in [-0.3, -0.25) is 9.69 Å². The number of benzene rings is 2. The molecule has 2 aromatic carbocycles. The average Bonchev–Trinajstić information content (AvgIpc) is 2.78. The number of sulfonamides is 1. The van der Waals surface area contributed by atoms with Crippen molar-refractivity contribution >= 4 is 27.5 Å². The van der Waals surface area contributed by atoms with Gasteiger partial charge in [0.25, 0.3) is 5.91 Å². The zero-order chi connectivity index (χ0) is 21.7. The van der Waals surface area contributed by atoms with Gasteiger partial charge in [0, 0.05) is 43.3 Å². The molecule has 30 heavy (non-hydrogen) atoms. The summed E-state index contributed by atoms with van der Waals surface area (Å²) in [4.78, 5) is 17.1. The van der Waals surface area contributed by atoms with Gasteiger partial charge in [-0.1, -0.05) is 37.6 Å². The minimum absolute atomic E-state index is 0.0621. The number of hydrogen-bond acceptors (Lipinski definition) is 4. The highest BCUT2D eigenvalue weighted by molar-refractivity contribution is 7.89. The zero-order valence-electron chi connectivity index (χ0n) is 17.4. The summed E-state index contributed by atoms with van der Waals surface area (Å²) < 4.78 is 27.0. The normalized spacial score (nSPS) is 15.5. The van der Waals surface area contributed by atoms with Gasteiger partial charge < -0.3 is 4.90 Å². The maximum atomic E-state index is 12.8. The molecule has 0 aromatic heterocycles. The molecule has 1 aliphatic heterocycles. The van der Waals surface area contributed by atoms with Gasteiger partial charge in [0.1, 0.15) is 0 Å². The number of amides is 1. The lowest BCUT2D eigenvalue weighted by atomic mass is 10.1. The van der Waals surface area contributed by atoms with Gasteiger partial charge in [-0.05, 0) is 55.1 Å². The maximum absolute atomic E-state index is 12.8. The van der Waals surface area contributed by atoms with Crippen LogP contribution in [0.15, 0.2) is 53.4 Å². The molecule has 0 atom stereocenters. The van der Waals surface area contributed by atoms with Crippen molar-refractivity contribution in [3.05, 3.63) is 64.7 Å². The van der Waals surface area contributed by atoms with Crippen LogP contribution in [-0.4, -0.2) is 67.7 Å². The molecule has 6 nitrogen and oxygen atoms in total. The maximum Gasteiger partial charge on any atom is 0.253 e. The monoisotopic (exact) mass is 449 g/mol. The molecule has 1 fully saturated rings. The fourth-order valence-corrected chi connectivity index (χ4v) is 5.08. The molecule has 1 saturated heterocycles. The molecule has 162 valence electrons. The van der Waals surface area contributed by atoms with E-state index < -0.39 is 10.0 Å². The van der Waals surface area contributed by atoms with Crippen LogP contribution in [0.25, 0.3) is 0 Å². The summed E-state index contributed by atoms with van der Waals surface area (Å²) in [7, 11) is -3.58. The predicted molar refractivity (Wildman–Crippen MR) is 119 cm³/mol. The molecule has 0 saturated carbocycles. The number of carbonyl (C=O) groups excluding carboxylic acids is 1. The third kappa shape index (κ3) is 5.21. The first-order valence-electron chi connectivity index (χ1n) is 10.2. The molecule has 0 aliphatic carbocycles. The summed E-state index contributed by atoms with van der Waals surface area (Å²) >= 11 is 5.85. The van der Waals surface area contributed by atoms with Crippen LogP contribution in [0.2, 0.25) is 5.02 Å². The lowest BCUT2D eigenvalue weighted by Crippen LogP contribution is -2.50. The number of hydrogen-bond donors (Lipinski definition) is 0. The van der Waals surface area contributed by atoms with Crippen LogP contribution in [0.1, 0.15) is 29.8 Å². The summed E-state index contributed by atoms with van der Waals surface area (Å²) in [6.45, 7) is 8.39. The SMILES string of the molecule is CCN(CC)Cc1ccc(C(=O)N2CCN(S(=O)(=O)c3ccc(Cl)cc3)CC2)cc1. The Morgan fingerprint density at radius 1 is 0.933 bits per heavy atom. The van der Waals surface area contributed by atoms with Crippen molar-refractivity contribution in [2.75, 3.05) is 39.3 Å². The largest absolute Gasteiger partial charge is 0.336 e. The van der Waals surface area contributed by atoms with E-state index in [1.807, 2.05) is 24.3 Å². The summed E-state index contributed by atoms with van der Waals surface area (Å²) in [5, 5.41) is 0.493. The lowest BCUT2D eigenvalue weighted by Gasteiger charge is -2.34. The summed E-state index contributed by atoms with van der Waals surface area (Å²) in [6, 6.07) is 13.9. The van der Waals surface area contributed by atoms with Crippen LogP contribution in [-0.2, 0) is 16.6 Å². The minimum atomic E-state index is -3.58. The first-order valence-corrected chi connectivity index (χ1v) is 12.0. The fraction of sp³-hybridized carbons (Fsp3) is 0.409. The van der Waals surface area contributed by atoms with Crippen molar-refractivity contribution in [3.63, 3.8) is 0 Å². The molecule has 1 heterocycles. The van der Waals surface area contributed by atoms with Crippen molar-refractivity contribution in [1.29, 1.82) is 0 Å². The van der Waals surface area contributed by atoms with E-state index in [1.54, 1.807) is 17.0 Å². The summed E-state index contributed by atoms with van der Waals surface area (Å²) in [5.41, 5.74) is 1.81. The molecule has 8 heteroatoms. The molecule has 0 radical (unpaired) electrons. The van der Waals surface area contributed by atoms with Crippen LogP contribution >= 0.6 is 11.6 Å². The predicted octanol–water partition coefficient (Wildman–Crippen LogP) is 3.33. The second kappa shape index (κ2) is 9.92. The van der Waals surface area contributed by atoms with Crippen LogP contribution in [0.4, 0.5) is 0 Å². The third-order valence-corrected chi connectivity index (χ3v) is 7.64. The van der Waals surface area contributed by atoms with E-state index in [4.69, 9.17) is 11.6 Å². The molecule has 0 N–H and O–H groups in total.